The molecule has 0 aromatic rings. The van der Waals surface area contributed by atoms with Crippen molar-refractivity contribution in [1.29, 1.82) is 0 Å². The molecule has 0 aromatic carbocycles. The van der Waals surface area contributed by atoms with Gasteiger partial charge in [-0.25, -0.2) is 0 Å². The predicted octanol–water partition coefficient (Wildman–Crippen LogP) is 0.182. The first-order valence-electron chi connectivity index (χ1n) is 5.92. The van der Waals surface area contributed by atoms with E-state index in [1.165, 1.54) is 0 Å². The van der Waals surface area contributed by atoms with Crippen molar-refractivity contribution in [2.24, 2.45) is 11.7 Å². The number of carbonyl (C=O) groups is 1. The van der Waals surface area contributed by atoms with E-state index >= 15 is 0 Å². The van der Waals surface area contributed by atoms with E-state index in [2.05, 4.69) is 12.2 Å². The van der Waals surface area contributed by atoms with Crippen molar-refractivity contribution in [3.05, 3.63) is 0 Å². The number of nitrogens with two attached hydrogens (primary N) is 1. The topological polar surface area (TPSA) is 58.4 Å². The van der Waals surface area contributed by atoms with Crippen molar-refractivity contribution >= 4 is 5.91 Å². The Morgan fingerprint density at radius 1 is 1.67 bits per heavy atom. The highest BCUT2D eigenvalue weighted by Crippen LogP contribution is 2.12. The number of hydrogen-bond donors (Lipinski definition) is 2. The summed E-state index contributed by atoms with van der Waals surface area (Å²) in [6.45, 7) is 7.27. The molecule has 2 unspecified atom stereocenters. The normalized spacial score (nSPS) is 22.7. The minimum Gasteiger partial charge on any atom is -0.338 e. The van der Waals surface area contributed by atoms with E-state index in [1.807, 2.05) is 11.8 Å². The second-order valence-corrected chi connectivity index (χ2v) is 4.32. The maximum Gasteiger partial charge on any atom is 0.226 e. The van der Waals surface area contributed by atoms with Gasteiger partial charge in [-0.15, -0.1) is 0 Å². The summed E-state index contributed by atoms with van der Waals surface area (Å²) in [5.41, 5.74) is 5.54. The fourth-order valence-electron chi connectivity index (χ4n) is 2.00. The molecule has 1 aliphatic heterocycles. The van der Waals surface area contributed by atoms with Gasteiger partial charge in [0, 0.05) is 31.6 Å². The number of nitrogens with zero attached hydrogens (tertiary/aromatic N) is 1. The summed E-state index contributed by atoms with van der Waals surface area (Å²) in [5, 5.41) is 3.30. The van der Waals surface area contributed by atoms with Crippen LogP contribution in [0.5, 0.6) is 0 Å². The molecule has 0 radical (unpaired) electrons. The fraction of sp³-hybridized carbons (Fsp3) is 0.909. The molecule has 1 heterocycles. The quantitative estimate of drug-likeness (QED) is 0.685. The first-order valence-corrected chi connectivity index (χ1v) is 5.92. The standard InChI is InChI=1S/C11H23N3O/c1-3-6-14(10-4-5-13-8-10)11(15)9(2)7-12/h9-10,13H,3-8,12H2,1-2H3. The molecule has 1 amide bonds. The Morgan fingerprint density at radius 3 is 2.87 bits per heavy atom. The Labute approximate surface area is 92.2 Å². The summed E-state index contributed by atoms with van der Waals surface area (Å²) in [5.74, 6) is 0.171. The average Bonchev–Trinajstić information content (AvgIpc) is 2.77. The Hall–Kier alpha value is -0.610. The van der Waals surface area contributed by atoms with Gasteiger partial charge in [-0.05, 0) is 19.4 Å². The van der Waals surface area contributed by atoms with Crippen molar-refractivity contribution in [3.63, 3.8) is 0 Å². The van der Waals surface area contributed by atoms with E-state index in [0.29, 0.717) is 12.6 Å². The van der Waals surface area contributed by atoms with Gasteiger partial charge in [0.1, 0.15) is 0 Å². The maximum absolute atomic E-state index is 12.1. The summed E-state index contributed by atoms with van der Waals surface area (Å²) in [6, 6.07) is 0.381. The second-order valence-electron chi connectivity index (χ2n) is 4.32. The first-order chi connectivity index (χ1) is 7.20. The molecule has 0 saturated carbocycles. The zero-order chi connectivity index (χ0) is 11.3. The highest BCUT2D eigenvalue weighted by molar-refractivity contribution is 5.79. The molecular weight excluding hydrogens is 190 g/mol. The van der Waals surface area contributed by atoms with Crippen LogP contribution < -0.4 is 11.1 Å². The molecule has 0 spiro atoms. The zero-order valence-electron chi connectivity index (χ0n) is 9.83. The van der Waals surface area contributed by atoms with Gasteiger partial charge in [0.2, 0.25) is 5.91 Å². The van der Waals surface area contributed by atoms with Gasteiger partial charge in [0.15, 0.2) is 0 Å². The first kappa shape index (κ1) is 12.5. The van der Waals surface area contributed by atoms with E-state index in [-0.39, 0.29) is 11.8 Å². The number of nitrogens with one attached hydrogen (secondary N) is 1. The van der Waals surface area contributed by atoms with Gasteiger partial charge in [-0.2, -0.15) is 0 Å². The van der Waals surface area contributed by atoms with Gasteiger partial charge in [0.05, 0.1) is 0 Å². The summed E-state index contributed by atoms with van der Waals surface area (Å²) < 4.78 is 0. The van der Waals surface area contributed by atoms with Crippen LogP contribution in [0.15, 0.2) is 0 Å². The molecule has 1 rings (SSSR count). The molecule has 0 aliphatic carbocycles. The Kier molecular flexibility index (Phi) is 5.05. The van der Waals surface area contributed by atoms with Crippen molar-refractivity contribution in [3.8, 4) is 0 Å². The Balaban J connectivity index is 2.59. The van der Waals surface area contributed by atoms with Crippen molar-refractivity contribution < 1.29 is 4.79 Å². The summed E-state index contributed by atoms with van der Waals surface area (Å²) in [4.78, 5) is 14.1. The lowest BCUT2D eigenvalue weighted by atomic mass is 10.1. The molecule has 4 nitrogen and oxygen atoms in total. The fourth-order valence-corrected chi connectivity index (χ4v) is 2.00. The van der Waals surface area contributed by atoms with Gasteiger partial charge >= 0.3 is 0 Å². The molecule has 1 saturated heterocycles. The molecule has 88 valence electrons. The van der Waals surface area contributed by atoms with E-state index < -0.39 is 0 Å². The molecular formula is C11H23N3O. The van der Waals surface area contributed by atoms with E-state index in [9.17, 15) is 4.79 Å². The number of amides is 1. The van der Waals surface area contributed by atoms with Gasteiger partial charge in [0.25, 0.3) is 0 Å². The van der Waals surface area contributed by atoms with Crippen molar-refractivity contribution in [2.45, 2.75) is 32.7 Å². The molecule has 3 N–H and O–H groups in total. The second kappa shape index (κ2) is 6.08. The van der Waals surface area contributed by atoms with Crippen LogP contribution in [0.4, 0.5) is 0 Å². The zero-order valence-corrected chi connectivity index (χ0v) is 9.83. The van der Waals surface area contributed by atoms with Crippen LogP contribution in [0.1, 0.15) is 26.7 Å². The van der Waals surface area contributed by atoms with Crippen molar-refractivity contribution in [2.75, 3.05) is 26.2 Å². The molecule has 1 aliphatic rings. The number of hydrogen-bond acceptors (Lipinski definition) is 3. The SMILES string of the molecule is CCCN(C(=O)C(C)CN)C1CCNC1. The van der Waals surface area contributed by atoms with Gasteiger partial charge in [-0.1, -0.05) is 13.8 Å². The largest absolute Gasteiger partial charge is 0.338 e. The molecule has 0 bridgehead atoms. The third-order valence-corrected chi connectivity index (χ3v) is 3.00. The van der Waals surface area contributed by atoms with Crippen LogP contribution in [-0.4, -0.2) is 43.0 Å². The monoisotopic (exact) mass is 213 g/mol. The molecule has 0 aromatic heterocycles. The lowest BCUT2D eigenvalue weighted by Crippen LogP contribution is -2.45. The third kappa shape index (κ3) is 3.18. The number of rotatable bonds is 5. The Morgan fingerprint density at radius 2 is 2.40 bits per heavy atom. The number of carbonyl (C=O) groups excluding carboxylic acids is 1. The van der Waals surface area contributed by atoms with Crippen LogP contribution in [0.2, 0.25) is 0 Å². The molecule has 15 heavy (non-hydrogen) atoms. The van der Waals surface area contributed by atoms with Gasteiger partial charge in [-0.3, -0.25) is 4.79 Å². The van der Waals surface area contributed by atoms with Crippen LogP contribution in [0.3, 0.4) is 0 Å². The van der Waals surface area contributed by atoms with E-state index in [0.717, 1.165) is 32.5 Å². The van der Waals surface area contributed by atoms with Crippen LogP contribution >= 0.6 is 0 Å². The predicted molar refractivity (Wildman–Crippen MR) is 61.5 cm³/mol. The third-order valence-electron chi connectivity index (χ3n) is 3.00. The highest BCUT2D eigenvalue weighted by Gasteiger charge is 2.27. The maximum atomic E-state index is 12.1. The lowest BCUT2D eigenvalue weighted by Gasteiger charge is -2.30. The van der Waals surface area contributed by atoms with Crippen LogP contribution in [0.25, 0.3) is 0 Å². The summed E-state index contributed by atoms with van der Waals surface area (Å²) in [6.07, 6.45) is 2.09. The summed E-state index contributed by atoms with van der Waals surface area (Å²) in [7, 11) is 0. The average molecular weight is 213 g/mol. The van der Waals surface area contributed by atoms with E-state index in [4.69, 9.17) is 5.73 Å². The van der Waals surface area contributed by atoms with E-state index in [1.54, 1.807) is 0 Å². The van der Waals surface area contributed by atoms with Gasteiger partial charge < -0.3 is 16.0 Å². The minimum atomic E-state index is -0.0443. The highest BCUT2D eigenvalue weighted by atomic mass is 16.2. The molecule has 2 atom stereocenters. The van der Waals surface area contributed by atoms with Crippen LogP contribution in [-0.2, 0) is 4.79 Å². The summed E-state index contributed by atoms with van der Waals surface area (Å²) >= 11 is 0. The van der Waals surface area contributed by atoms with Crippen molar-refractivity contribution in [1.82, 2.24) is 10.2 Å². The molecule has 1 fully saturated rings. The minimum absolute atomic E-state index is 0.0443. The smallest absolute Gasteiger partial charge is 0.226 e. The Bertz CT molecular complexity index is 202. The van der Waals surface area contributed by atoms with Crippen LogP contribution in [0, 0.1) is 5.92 Å². The molecule has 4 heteroatoms. The lowest BCUT2D eigenvalue weighted by molar-refractivity contribution is -0.136.